The van der Waals surface area contributed by atoms with Gasteiger partial charge in [-0.15, -0.1) is 0 Å². The Morgan fingerprint density at radius 1 is 0.933 bits per heavy atom. The molecule has 15 heavy (non-hydrogen) atoms. The van der Waals surface area contributed by atoms with Crippen LogP contribution in [-0.2, 0) is 0 Å². The Kier molecular flexibility index (Phi) is 13.0. The monoisotopic (exact) mass is 223 g/mol. The lowest BCUT2D eigenvalue weighted by Crippen LogP contribution is -2.35. The third-order valence-electron chi connectivity index (χ3n) is 3.89. The lowest BCUT2D eigenvalue weighted by molar-refractivity contribution is 0.0589. The summed E-state index contributed by atoms with van der Waals surface area (Å²) in [5.41, 5.74) is 0.866. The molecule has 1 atom stereocenters. The molecular formula is C12H35N2O+. The molecule has 0 spiro atoms. The molecule has 0 bridgehead atoms. The van der Waals surface area contributed by atoms with Gasteiger partial charge in [-0.05, 0) is 16.7 Å². The zero-order chi connectivity index (χ0) is 9.99. The maximum atomic E-state index is 2.40. The molecule has 0 saturated heterocycles. The SMILES string of the molecule is CCCC(C)C(C)(C)C(C)(C)C.[NH4+].[NH4+].[OH-]. The molecule has 3 heteroatoms. The van der Waals surface area contributed by atoms with Gasteiger partial charge >= 0.3 is 0 Å². The van der Waals surface area contributed by atoms with Crippen molar-refractivity contribution in [3.8, 4) is 0 Å². The lowest BCUT2D eigenvalue weighted by atomic mass is 9.62. The molecule has 0 saturated carbocycles. The zero-order valence-electron chi connectivity index (χ0n) is 12.4. The predicted octanol–water partition coefficient (Wildman–Crippen LogP) is 5.07. The van der Waals surface area contributed by atoms with Crippen LogP contribution in [0.4, 0.5) is 0 Å². The van der Waals surface area contributed by atoms with Crippen LogP contribution in [0.1, 0.15) is 61.3 Å². The summed E-state index contributed by atoms with van der Waals surface area (Å²) >= 11 is 0. The van der Waals surface area contributed by atoms with E-state index in [2.05, 4.69) is 48.5 Å². The zero-order valence-corrected chi connectivity index (χ0v) is 12.4. The van der Waals surface area contributed by atoms with Crippen molar-refractivity contribution >= 4 is 0 Å². The fourth-order valence-electron chi connectivity index (χ4n) is 1.53. The fraction of sp³-hybridized carbons (Fsp3) is 1.00. The molecular weight excluding hydrogens is 188 g/mol. The van der Waals surface area contributed by atoms with Crippen LogP contribution in [-0.4, -0.2) is 5.48 Å². The van der Waals surface area contributed by atoms with Crippen LogP contribution in [0.5, 0.6) is 0 Å². The van der Waals surface area contributed by atoms with Crippen LogP contribution >= 0.6 is 0 Å². The third-order valence-corrected chi connectivity index (χ3v) is 3.89. The van der Waals surface area contributed by atoms with Gasteiger partial charge in [0.25, 0.3) is 0 Å². The van der Waals surface area contributed by atoms with Gasteiger partial charge in [0, 0.05) is 0 Å². The Morgan fingerprint density at radius 3 is 1.47 bits per heavy atom. The second-order valence-corrected chi connectivity index (χ2v) is 5.66. The quantitative estimate of drug-likeness (QED) is 0.685. The molecule has 3 nitrogen and oxygen atoms in total. The fourth-order valence-corrected chi connectivity index (χ4v) is 1.53. The van der Waals surface area contributed by atoms with Crippen LogP contribution in [0.15, 0.2) is 0 Å². The Bertz CT molecular complexity index is 139. The van der Waals surface area contributed by atoms with Crippen LogP contribution in [0, 0.1) is 16.7 Å². The molecule has 0 rings (SSSR count). The van der Waals surface area contributed by atoms with Crippen molar-refractivity contribution in [1.29, 1.82) is 0 Å². The molecule has 98 valence electrons. The molecule has 0 aromatic carbocycles. The van der Waals surface area contributed by atoms with Gasteiger partial charge in [0.2, 0.25) is 0 Å². The van der Waals surface area contributed by atoms with E-state index in [4.69, 9.17) is 0 Å². The highest BCUT2D eigenvalue weighted by molar-refractivity contribution is 4.86. The van der Waals surface area contributed by atoms with Crippen molar-refractivity contribution in [1.82, 2.24) is 12.3 Å². The lowest BCUT2D eigenvalue weighted by Gasteiger charge is -2.44. The highest BCUT2D eigenvalue weighted by Gasteiger charge is 2.36. The van der Waals surface area contributed by atoms with E-state index in [-0.39, 0.29) is 17.8 Å². The molecule has 0 aromatic rings. The second-order valence-electron chi connectivity index (χ2n) is 5.66. The number of rotatable bonds is 3. The normalized spacial score (nSPS) is 13.0. The minimum atomic E-state index is 0. The van der Waals surface area contributed by atoms with Gasteiger partial charge in [0.1, 0.15) is 0 Å². The largest absolute Gasteiger partial charge is 0.870 e. The highest BCUT2D eigenvalue weighted by atomic mass is 16.0. The Labute approximate surface area is 96.5 Å². The van der Waals surface area contributed by atoms with Gasteiger partial charge < -0.3 is 17.8 Å². The summed E-state index contributed by atoms with van der Waals surface area (Å²) in [6, 6.07) is 0. The third kappa shape index (κ3) is 6.13. The standard InChI is InChI=1S/C12H26.2H3N.H2O/c1-8-9-10(2)12(6,7)11(3,4)5;;;/h10H,8-9H2,1-7H3;2*1H3;1H2/p+1. The molecule has 0 aliphatic rings. The first-order valence-corrected chi connectivity index (χ1v) is 5.23. The molecule has 9 N–H and O–H groups in total. The first-order valence-electron chi connectivity index (χ1n) is 5.23. The maximum absolute atomic E-state index is 2.40. The number of quaternary nitrogens is 2. The van der Waals surface area contributed by atoms with E-state index < -0.39 is 0 Å². The summed E-state index contributed by atoms with van der Waals surface area (Å²) in [6.45, 7) is 16.5. The number of hydrogen-bond acceptors (Lipinski definition) is 1. The molecule has 0 aromatic heterocycles. The molecule has 0 aliphatic carbocycles. The second kappa shape index (κ2) is 8.08. The summed E-state index contributed by atoms with van der Waals surface area (Å²) < 4.78 is 0. The molecule has 0 heterocycles. The summed E-state index contributed by atoms with van der Waals surface area (Å²) in [4.78, 5) is 0. The van der Waals surface area contributed by atoms with Gasteiger partial charge in [-0.1, -0.05) is 61.3 Å². The van der Waals surface area contributed by atoms with Crippen molar-refractivity contribution in [3.63, 3.8) is 0 Å². The van der Waals surface area contributed by atoms with E-state index in [9.17, 15) is 0 Å². The van der Waals surface area contributed by atoms with E-state index in [1.165, 1.54) is 12.8 Å². The summed E-state index contributed by atoms with van der Waals surface area (Å²) in [5, 5.41) is 0. The van der Waals surface area contributed by atoms with E-state index in [0.29, 0.717) is 10.8 Å². The average molecular weight is 223 g/mol. The van der Waals surface area contributed by atoms with Crippen molar-refractivity contribution in [2.24, 2.45) is 16.7 Å². The topological polar surface area (TPSA) is 103 Å². The minimum Gasteiger partial charge on any atom is -0.870 e. The van der Waals surface area contributed by atoms with Crippen molar-refractivity contribution in [2.45, 2.75) is 61.3 Å². The van der Waals surface area contributed by atoms with Crippen molar-refractivity contribution in [3.05, 3.63) is 0 Å². The summed E-state index contributed by atoms with van der Waals surface area (Å²) in [6.07, 6.45) is 2.66. The van der Waals surface area contributed by atoms with Crippen LogP contribution in [0.2, 0.25) is 0 Å². The van der Waals surface area contributed by atoms with E-state index in [0.717, 1.165) is 5.92 Å². The van der Waals surface area contributed by atoms with Crippen molar-refractivity contribution < 1.29 is 5.48 Å². The average Bonchev–Trinajstić information content (AvgIpc) is 1.85. The van der Waals surface area contributed by atoms with Crippen LogP contribution in [0.25, 0.3) is 0 Å². The smallest absolute Gasteiger partial charge is 0.0280 e. The van der Waals surface area contributed by atoms with Gasteiger partial charge in [0.15, 0.2) is 0 Å². The molecule has 0 radical (unpaired) electrons. The maximum Gasteiger partial charge on any atom is -0.0280 e. The van der Waals surface area contributed by atoms with Crippen LogP contribution in [0.3, 0.4) is 0 Å². The number of hydrogen-bond donors (Lipinski definition) is 2. The summed E-state index contributed by atoms with van der Waals surface area (Å²) in [5.74, 6) is 0.822. The first-order chi connectivity index (χ1) is 5.23. The summed E-state index contributed by atoms with van der Waals surface area (Å²) in [7, 11) is 0. The Balaban J connectivity index is -0.000000202. The van der Waals surface area contributed by atoms with E-state index in [1.54, 1.807) is 0 Å². The predicted molar refractivity (Wildman–Crippen MR) is 71.2 cm³/mol. The molecule has 0 amide bonds. The molecule has 0 aliphatic heterocycles. The Morgan fingerprint density at radius 2 is 1.27 bits per heavy atom. The van der Waals surface area contributed by atoms with Crippen molar-refractivity contribution in [2.75, 3.05) is 0 Å². The van der Waals surface area contributed by atoms with Gasteiger partial charge in [-0.2, -0.15) is 0 Å². The van der Waals surface area contributed by atoms with E-state index >= 15 is 0 Å². The first kappa shape index (κ1) is 24.2. The van der Waals surface area contributed by atoms with Gasteiger partial charge in [0.05, 0.1) is 0 Å². The van der Waals surface area contributed by atoms with Gasteiger partial charge in [-0.3, -0.25) is 0 Å². The molecule has 1 unspecified atom stereocenters. The Hall–Kier alpha value is -0.120. The van der Waals surface area contributed by atoms with Gasteiger partial charge in [-0.25, -0.2) is 0 Å². The minimum absolute atomic E-state index is 0. The van der Waals surface area contributed by atoms with Crippen LogP contribution < -0.4 is 12.3 Å². The highest BCUT2D eigenvalue weighted by Crippen LogP contribution is 2.45. The van der Waals surface area contributed by atoms with E-state index in [1.807, 2.05) is 0 Å². The molecule has 0 fully saturated rings.